The molecule has 0 radical (unpaired) electrons. The second kappa shape index (κ2) is 28.9. The lowest BCUT2D eigenvalue weighted by Crippen LogP contribution is -2.39. The zero-order valence-electron chi connectivity index (χ0n) is 27.5. The number of hydrogen-bond acceptors (Lipinski definition) is 2. The van der Waals surface area contributed by atoms with Crippen molar-refractivity contribution in [3.8, 4) is 0 Å². The van der Waals surface area contributed by atoms with Gasteiger partial charge in [-0.05, 0) is 25.7 Å². The van der Waals surface area contributed by atoms with Gasteiger partial charge in [-0.2, -0.15) is 0 Å². The van der Waals surface area contributed by atoms with Gasteiger partial charge in [0.2, 0.25) is 0 Å². The summed E-state index contributed by atoms with van der Waals surface area (Å²) >= 11 is 0. The highest BCUT2D eigenvalue weighted by molar-refractivity contribution is 4.97. The van der Waals surface area contributed by atoms with E-state index in [1.165, 1.54) is 199 Å². The minimum absolute atomic E-state index is 0.641. The molecule has 0 bridgehead atoms. The van der Waals surface area contributed by atoms with Crippen LogP contribution >= 0.6 is 0 Å². The molecule has 0 fully saturated rings. The zero-order valence-corrected chi connectivity index (χ0v) is 27.5. The van der Waals surface area contributed by atoms with Crippen molar-refractivity contribution in [1.82, 2.24) is 9.80 Å². The van der Waals surface area contributed by atoms with Crippen molar-refractivity contribution < 1.29 is 0 Å². The van der Waals surface area contributed by atoms with Gasteiger partial charge in [-0.3, -0.25) is 0 Å². The molecule has 39 heavy (non-hydrogen) atoms. The van der Waals surface area contributed by atoms with Crippen LogP contribution in [0.1, 0.15) is 207 Å². The molecule has 0 saturated heterocycles. The fourth-order valence-corrected chi connectivity index (χ4v) is 6.36. The maximum Gasteiger partial charge on any atom is 0.101 e. The van der Waals surface area contributed by atoms with Crippen LogP contribution in [0.4, 0.5) is 0 Å². The normalized spacial score (nSPS) is 15.2. The third-order valence-electron chi connectivity index (χ3n) is 9.07. The van der Waals surface area contributed by atoms with Crippen molar-refractivity contribution in [1.29, 1.82) is 0 Å². The monoisotopic (exact) mass is 547 g/mol. The number of hydrogen-bond donors (Lipinski definition) is 0. The Bertz CT molecular complexity index is 502. The van der Waals surface area contributed by atoms with Gasteiger partial charge in [-0.25, -0.2) is 0 Å². The van der Waals surface area contributed by atoms with Crippen molar-refractivity contribution >= 4 is 0 Å². The third-order valence-corrected chi connectivity index (χ3v) is 9.07. The number of nitrogens with zero attached hydrogens (tertiary/aromatic N) is 2. The molecule has 1 unspecified atom stereocenters. The summed E-state index contributed by atoms with van der Waals surface area (Å²) in [5.41, 5.74) is 0. The maximum atomic E-state index is 2.70. The Morgan fingerprint density at radius 2 is 0.590 bits per heavy atom. The van der Waals surface area contributed by atoms with Gasteiger partial charge in [-0.1, -0.05) is 181 Å². The molecule has 232 valence electrons. The van der Waals surface area contributed by atoms with Crippen LogP contribution in [-0.4, -0.2) is 29.1 Å². The first-order chi connectivity index (χ1) is 19.3. The van der Waals surface area contributed by atoms with E-state index in [0.29, 0.717) is 6.17 Å². The van der Waals surface area contributed by atoms with E-state index in [1.807, 2.05) is 0 Å². The molecule has 2 heteroatoms. The molecular formula is C37H74N2. The first-order valence-corrected chi connectivity index (χ1v) is 18.5. The Hall–Kier alpha value is -0.660. The molecule has 1 aliphatic rings. The molecule has 0 N–H and O–H groups in total. The van der Waals surface area contributed by atoms with Crippen LogP contribution in [0.2, 0.25) is 0 Å². The van der Waals surface area contributed by atoms with Crippen molar-refractivity contribution in [3.05, 3.63) is 12.4 Å². The fraction of sp³-hybridized carbons (Fsp3) is 0.946. The van der Waals surface area contributed by atoms with Crippen LogP contribution < -0.4 is 0 Å². The molecular weight excluding hydrogens is 472 g/mol. The number of rotatable bonds is 31. The summed E-state index contributed by atoms with van der Waals surface area (Å²) in [6, 6.07) is 0. The predicted molar refractivity (Wildman–Crippen MR) is 177 cm³/mol. The standard InChI is InChI=1S/C37H74N2/c1-4-7-10-13-15-17-19-20-22-24-26-28-31-34-39-36-35-38(37(39)32-29-12-9-6-3)33-30-27-25-23-21-18-16-14-11-8-5-2/h35-37H,4-34H2,1-3H3. The first-order valence-electron chi connectivity index (χ1n) is 18.5. The van der Waals surface area contributed by atoms with Crippen molar-refractivity contribution in [2.75, 3.05) is 13.1 Å². The molecule has 0 aromatic rings. The lowest BCUT2D eigenvalue weighted by Gasteiger charge is -2.33. The highest BCUT2D eigenvalue weighted by Gasteiger charge is 2.24. The minimum atomic E-state index is 0.641. The molecule has 0 aliphatic carbocycles. The quantitative estimate of drug-likeness (QED) is 0.0798. The van der Waals surface area contributed by atoms with E-state index < -0.39 is 0 Å². The highest BCUT2D eigenvalue weighted by atomic mass is 15.4. The van der Waals surface area contributed by atoms with Crippen LogP contribution in [0.25, 0.3) is 0 Å². The van der Waals surface area contributed by atoms with Gasteiger partial charge in [-0.15, -0.1) is 0 Å². The van der Waals surface area contributed by atoms with E-state index >= 15 is 0 Å². The molecule has 0 aromatic heterocycles. The van der Waals surface area contributed by atoms with Crippen LogP contribution in [0.15, 0.2) is 12.4 Å². The third kappa shape index (κ3) is 21.7. The summed E-state index contributed by atoms with van der Waals surface area (Å²) in [6.45, 7) is 9.48. The van der Waals surface area contributed by atoms with Gasteiger partial charge in [0, 0.05) is 25.5 Å². The van der Waals surface area contributed by atoms with Gasteiger partial charge < -0.3 is 9.80 Å². The molecule has 1 atom stereocenters. The average Bonchev–Trinajstić information content (AvgIpc) is 3.33. The van der Waals surface area contributed by atoms with Crippen LogP contribution in [0.5, 0.6) is 0 Å². The second-order valence-corrected chi connectivity index (χ2v) is 12.9. The topological polar surface area (TPSA) is 6.48 Å². The lowest BCUT2D eigenvalue weighted by atomic mass is 10.0. The minimum Gasteiger partial charge on any atom is -0.356 e. The van der Waals surface area contributed by atoms with Crippen molar-refractivity contribution in [3.63, 3.8) is 0 Å². The number of unbranched alkanes of at least 4 members (excludes halogenated alkanes) is 25. The molecule has 1 aliphatic heterocycles. The van der Waals surface area contributed by atoms with Crippen LogP contribution in [-0.2, 0) is 0 Å². The van der Waals surface area contributed by atoms with E-state index in [-0.39, 0.29) is 0 Å². The molecule has 0 amide bonds. The van der Waals surface area contributed by atoms with Crippen molar-refractivity contribution in [2.24, 2.45) is 0 Å². The Labute approximate surface area is 248 Å². The maximum absolute atomic E-state index is 2.70. The average molecular weight is 547 g/mol. The molecule has 1 rings (SSSR count). The summed E-state index contributed by atoms with van der Waals surface area (Å²) in [5, 5.41) is 0. The zero-order chi connectivity index (χ0) is 28.1. The van der Waals surface area contributed by atoms with Crippen LogP contribution in [0.3, 0.4) is 0 Å². The molecule has 0 aromatic carbocycles. The highest BCUT2D eigenvalue weighted by Crippen LogP contribution is 2.24. The molecule has 1 heterocycles. The van der Waals surface area contributed by atoms with Crippen LogP contribution in [0, 0.1) is 0 Å². The lowest BCUT2D eigenvalue weighted by molar-refractivity contribution is 0.135. The summed E-state index contributed by atoms with van der Waals surface area (Å²) in [4.78, 5) is 5.39. The van der Waals surface area contributed by atoms with E-state index in [4.69, 9.17) is 0 Å². The summed E-state index contributed by atoms with van der Waals surface area (Å²) in [5.74, 6) is 0. The van der Waals surface area contributed by atoms with E-state index in [1.54, 1.807) is 0 Å². The van der Waals surface area contributed by atoms with E-state index in [0.717, 1.165) is 0 Å². The van der Waals surface area contributed by atoms with Gasteiger partial charge in [0.15, 0.2) is 0 Å². The molecule has 0 spiro atoms. The van der Waals surface area contributed by atoms with Crippen molar-refractivity contribution in [2.45, 2.75) is 213 Å². The SMILES string of the molecule is CCCCCCCCCCCCCCCN1C=CN(CCCCCCCCCCCCC)C1CCCCCC. The molecule has 0 saturated carbocycles. The summed E-state index contributed by atoms with van der Waals surface area (Å²) < 4.78 is 0. The largest absolute Gasteiger partial charge is 0.356 e. The predicted octanol–water partition coefficient (Wildman–Crippen LogP) is 12.8. The first kappa shape index (κ1) is 36.4. The Morgan fingerprint density at radius 1 is 0.333 bits per heavy atom. The Kier molecular flexibility index (Phi) is 26.9. The second-order valence-electron chi connectivity index (χ2n) is 12.9. The van der Waals surface area contributed by atoms with E-state index in [9.17, 15) is 0 Å². The molecule has 2 nitrogen and oxygen atoms in total. The Morgan fingerprint density at radius 3 is 0.897 bits per heavy atom. The van der Waals surface area contributed by atoms with Gasteiger partial charge in [0.1, 0.15) is 6.17 Å². The fourth-order valence-electron chi connectivity index (χ4n) is 6.36. The Balaban J connectivity index is 2.11. The van der Waals surface area contributed by atoms with E-state index in [2.05, 4.69) is 43.0 Å². The smallest absolute Gasteiger partial charge is 0.101 e. The van der Waals surface area contributed by atoms with Gasteiger partial charge in [0.05, 0.1) is 0 Å². The van der Waals surface area contributed by atoms with Gasteiger partial charge in [0.25, 0.3) is 0 Å². The summed E-state index contributed by atoms with van der Waals surface area (Å²) in [6.07, 6.45) is 47.0. The van der Waals surface area contributed by atoms with Gasteiger partial charge >= 0.3 is 0 Å². The summed E-state index contributed by atoms with van der Waals surface area (Å²) in [7, 11) is 0.